The van der Waals surface area contributed by atoms with Gasteiger partial charge in [0.15, 0.2) is 0 Å². The highest BCUT2D eigenvalue weighted by atomic mass is 35.5. The third-order valence-electron chi connectivity index (χ3n) is 7.42. The van der Waals surface area contributed by atoms with Crippen molar-refractivity contribution in [1.29, 1.82) is 5.26 Å². The van der Waals surface area contributed by atoms with Crippen molar-refractivity contribution in [1.82, 2.24) is 25.8 Å². The number of hydroxylamine groups is 1. The number of carbonyl (C=O) groups is 2. The average Bonchev–Trinajstić information content (AvgIpc) is 3.46. The summed E-state index contributed by atoms with van der Waals surface area (Å²) in [6, 6.07) is 15.3. The molecule has 1 heterocycles. The molecule has 216 valence electrons. The van der Waals surface area contributed by atoms with E-state index in [2.05, 4.69) is 27.0 Å². The summed E-state index contributed by atoms with van der Waals surface area (Å²) in [6.45, 7) is 0.767. The second-order valence-corrected chi connectivity index (χ2v) is 10.9. The van der Waals surface area contributed by atoms with Crippen LogP contribution in [0.4, 0.5) is 5.69 Å². The van der Waals surface area contributed by atoms with Gasteiger partial charge in [-0.1, -0.05) is 48.2 Å². The number of nitriles is 1. The molecule has 0 bridgehead atoms. The van der Waals surface area contributed by atoms with Crippen LogP contribution in [-0.2, 0) is 11.3 Å². The molecule has 0 spiro atoms. The Morgan fingerprint density at radius 3 is 2.41 bits per heavy atom. The van der Waals surface area contributed by atoms with E-state index >= 15 is 0 Å². The van der Waals surface area contributed by atoms with Crippen molar-refractivity contribution < 1.29 is 14.8 Å². The molecule has 4 rings (SSSR count). The highest BCUT2D eigenvalue weighted by molar-refractivity contribution is 6.32. The van der Waals surface area contributed by atoms with Gasteiger partial charge < -0.3 is 10.6 Å². The minimum absolute atomic E-state index is 0.0764. The van der Waals surface area contributed by atoms with E-state index in [1.54, 1.807) is 17.6 Å². The second-order valence-electron chi connectivity index (χ2n) is 10.5. The summed E-state index contributed by atoms with van der Waals surface area (Å²) in [4.78, 5) is 23.9. The minimum Gasteiger partial charge on any atom is -0.382 e. The van der Waals surface area contributed by atoms with E-state index in [1.165, 1.54) is 0 Å². The third kappa shape index (κ3) is 9.03. The molecule has 0 unspecified atom stereocenters. The van der Waals surface area contributed by atoms with E-state index in [0.717, 1.165) is 81.3 Å². The molecule has 10 nitrogen and oxygen atoms in total. The zero-order valence-electron chi connectivity index (χ0n) is 23.0. The Morgan fingerprint density at radius 1 is 1.00 bits per heavy atom. The maximum atomic E-state index is 12.9. The molecule has 11 heteroatoms. The number of nitrogens with zero attached hydrogens (tertiary/aromatic N) is 4. The van der Waals surface area contributed by atoms with E-state index in [-0.39, 0.29) is 17.9 Å². The van der Waals surface area contributed by atoms with Gasteiger partial charge in [-0.3, -0.25) is 19.5 Å². The number of carbonyl (C=O) groups excluding carboxylic acids is 2. The number of amides is 2. The van der Waals surface area contributed by atoms with Crippen LogP contribution in [0.5, 0.6) is 0 Å². The van der Waals surface area contributed by atoms with Crippen LogP contribution in [0.2, 0.25) is 5.02 Å². The SMILES string of the molecule is N#Cc1ccc(NC2CCC(NC(=O)c3ccc(-c4cn(CCCCCCCC(=O)NO)nn4)cc3)CC2)cc1Cl. The topological polar surface area (TPSA) is 145 Å². The lowest BCUT2D eigenvalue weighted by atomic mass is 9.90. The van der Waals surface area contributed by atoms with Gasteiger partial charge in [0.1, 0.15) is 11.8 Å². The van der Waals surface area contributed by atoms with Crippen LogP contribution in [0, 0.1) is 11.3 Å². The van der Waals surface area contributed by atoms with Gasteiger partial charge in [0.25, 0.3) is 5.91 Å². The number of aromatic nitrogens is 3. The molecule has 1 saturated carbocycles. The average molecular weight is 578 g/mol. The molecular weight excluding hydrogens is 542 g/mol. The maximum Gasteiger partial charge on any atom is 0.251 e. The number of nitrogens with one attached hydrogen (secondary N) is 3. The molecule has 1 aliphatic rings. The Hall–Kier alpha value is -3.94. The van der Waals surface area contributed by atoms with Crippen molar-refractivity contribution in [2.45, 2.75) is 82.8 Å². The number of anilines is 1. The first kappa shape index (κ1) is 30.0. The Kier molecular flexibility index (Phi) is 11.1. The van der Waals surface area contributed by atoms with Crippen LogP contribution in [0.15, 0.2) is 48.7 Å². The van der Waals surface area contributed by atoms with Gasteiger partial charge in [0, 0.05) is 41.9 Å². The number of halogens is 1. The van der Waals surface area contributed by atoms with E-state index in [9.17, 15) is 9.59 Å². The summed E-state index contributed by atoms with van der Waals surface area (Å²) in [7, 11) is 0. The smallest absolute Gasteiger partial charge is 0.251 e. The number of hydrogen-bond donors (Lipinski definition) is 4. The predicted molar refractivity (Wildman–Crippen MR) is 156 cm³/mol. The third-order valence-corrected chi connectivity index (χ3v) is 7.73. The fourth-order valence-corrected chi connectivity index (χ4v) is 5.28. The molecule has 0 aliphatic heterocycles. The highest BCUT2D eigenvalue weighted by Crippen LogP contribution is 2.26. The number of aryl methyl sites for hydroxylation is 1. The molecule has 41 heavy (non-hydrogen) atoms. The van der Waals surface area contributed by atoms with Crippen molar-refractivity contribution in [2.24, 2.45) is 0 Å². The molecule has 1 aliphatic carbocycles. The summed E-state index contributed by atoms with van der Waals surface area (Å²) in [5.41, 5.74) is 5.31. The summed E-state index contributed by atoms with van der Waals surface area (Å²) in [5, 5.41) is 33.1. The molecule has 2 amide bonds. The molecule has 0 radical (unpaired) electrons. The quantitative estimate of drug-likeness (QED) is 0.120. The van der Waals surface area contributed by atoms with Gasteiger partial charge in [-0.15, -0.1) is 5.10 Å². The van der Waals surface area contributed by atoms with Gasteiger partial charge in [-0.2, -0.15) is 5.26 Å². The van der Waals surface area contributed by atoms with Crippen molar-refractivity contribution in [3.63, 3.8) is 0 Å². The number of benzene rings is 2. The van der Waals surface area contributed by atoms with Crippen LogP contribution >= 0.6 is 11.6 Å². The van der Waals surface area contributed by atoms with E-state index in [1.807, 2.05) is 41.2 Å². The molecule has 2 aromatic carbocycles. The van der Waals surface area contributed by atoms with Gasteiger partial charge in [0.2, 0.25) is 5.91 Å². The lowest BCUT2D eigenvalue weighted by molar-refractivity contribution is -0.129. The summed E-state index contributed by atoms with van der Waals surface area (Å²) < 4.78 is 1.83. The van der Waals surface area contributed by atoms with Gasteiger partial charge in [-0.25, -0.2) is 5.48 Å². The first-order chi connectivity index (χ1) is 19.9. The Balaban J connectivity index is 1.17. The molecule has 1 fully saturated rings. The van der Waals surface area contributed by atoms with Crippen LogP contribution in [-0.4, -0.2) is 44.1 Å². The summed E-state index contributed by atoms with van der Waals surface area (Å²) in [6.07, 6.45) is 10.6. The molecule has 0 atom stereocenters. The standard InChI is InChI=1S/C30H36ClN7O3/c31-27-18-26(12-11-23(27)19-32)33-24-13-15-25(16-14-24)34-30(40)22-9-7-21(8-10-22)28-20-38(37-35-28)17-5-3-1-2-4-6-29(39)36-41/h7-12,18,20,24-25,33,41H,1-6,13-17H2,(H,34,40)(H,36,39). The van der Waals surface area contributed by atoms with Crippen LogP contribution in [0.25, 0.3) is 11.3 Å². The Labute approximate surface area is 245 Å². The van der Waals surface area contributed by atoms with E-state index in [4.69, 9.17) is 22.1 Å². The fourth-order valence-electron chi connectivity index (χ4n) is 5.06. The van der Waals surface area contributed by atoms with Crippen LogP contribution in [0.3, 0.4) is 0 Å². The molecule has 0 saturated heterocycles. The van der Waals surface area contributed by atoms with Crippen molar-refractivity contribution >= 4 is 29.1 Å². The molecule has 3 aromatic rings. The number of unbranched alkanes of at least 4 members (excludes halogenated alkanes) is 4. The van der Waals surface area contributed by atoms with Gasteiger partial charge in [0.05, 0.1) is 16.8 Å². The maximum absolute atomic E-state index is 12.9. The Morgan fingerprint density at radius 2 is 1.71 bits per heavy atom. The van der Waals surface area contributed by atoms with Crippen molar-refractivity contribution in [3.8, 4) is 17.3 Å². The lowest BCUT2D eigenvalue weighted by Crippen LogP contribution is -2.40. The summed E-state index contributed by atoms with van der Waals surface area (Å²) in [5.74, 6) is -0.416. The zero-order valence-corrected chi connectivity index (χ0v) is 23.7. The Bertz CT molecular complexity index is 1340. The number of hydrogen-bond acceptors (Lipinski definition) is 7. The van der Waals surface area contributed by atoms with Crippen LogP contribution < -0.4 is 16.1 Å². The lowest BCUT2D eigenvalue weighted by Gasteiger charge is -2.30. The van der Waals surface area contributed by atoms with Crippen molar-refractivity contribution in [3.05, 3.63) is 64.8 Å². The molecule has 1 aromatic heterocycles. The van der Waals surface area contributed by atoms with Gasteiger partial charge >= 0.3 is 0 Å². The first-order valence-corrected chi connectivity index (χ1v) is 14.5. The fraction of sp³-hybridized carbons (Fsp3) is 0.433. The van der Waals surface area contributed by atoms with E-state index in [0.29, 0.717) is 28.6 Å². The monoisotopic (exact) mass is 577 g/mol. The normalized spacial score (nSPS) is 16.5. The zero-order chi connectivity index (χ0) is 29.0. The molecular formula is C30H36ClN7O3. The van der Waals surface area contributed by atoms with Crippen molar-refractivity contribution in [2.75, 3.05) is 5.32 Å². The summed E-state index contributed by atoms with van der Waals surface area (Å²) >= 11 is 6.15. The van der Waals surface area contributed by atoms with Gasteiger partial charge in [-0.05, 0) is 68.9 Å². The highest BCUT2D eigenvalue weighted by Gasteiger charge is 2.23. The second kappa shape index (κ2) is 15.2. The first-order valence-electron chi connectivity index (χ1n) is 14.2. The minimum atomic E-state index is -0.339. The molecule has 4 N–H and O–H groups in total. The number of rotatable bonds is 13. The van der Waals surface area contributed by atoms with E-state index < -0.39 is 0 Å². The predicted octanol–water partition coefficient (Wildman–Crippen LogP) is 5.47. The largest absolute Gasteiger partial charge is 0.382 e. The van der Waals surface area contributed by atoms with Crippen LogP contribution in [0.1, 0.15) is 80.1 Å².